The Morgan fingerprint density at radius 1 is 0.862 bits per heavy atom. The zero-order chi connectivity index (χ0) is 21.2. The summed E-state index contributed by atoms with van der Waals surface area (Å²) in [6.45, 7) is 7.00. The van der Waals surface area contributed by atoms with E-state index >= 15 is 8.78 Å². The smallest absolute Gasteiger partial charge is 0.302 e. The predicted molar refractivity (Wildman–Crippen MR) is 103 cm³/mol. The van der Waals surface area contributed by atoms with Gasteiger partial charge in [0.1, 0.15) is 12.2 Å². The molecule has 4 aliphatic carbocycles. The van der Waals surface area contributed by atoms with Crippen LogP contribution in [0, 0.1) is 34.5 Å². The van der Waals surface area contributed by atoms with E-state index in [4.69, 9.17) is 9.47 Å². The average Bonchev–Trinajstić information content (AvgIpc) is 2.92. The van der Waals surface area contributed by atoms with Crippen LogP contribution < -0.4 is 0 Å². The molecule has 4 aliphatic rings. The van der Waals surface area contributed by atoms with Crippen molar-refractivity contribution in [2.24, 2.45) is 34.5 Å². The summed E-state index contributed by atoms with van der Waals surface area (Å²) in [5.74, 6) is -3.73. The summed E-state index contributed by atoms with van der Waals surface area (Å²) in [4.78, 5) is 22.9. The van der Waals surface area contributed by atoms with Crippen molar-refractivity contribution in [3.8, 4) is 0 Å². The zero-order valence-corrected chi connectivity index (χ0v) is 18.0. The third kappa shape index (κ3) is 3.29. The van der Waals surface area contributed by atoms with E-state index in [0.717, 1.165) is 25.7 Å². The minimum Gasteiger partial charge on any atom is -0.463 e. The van der Waals surface area contributed by atoms with Gasteiger partial charge in [-0.25, -0.2) is 8.78 Å². The Morgan fingerprint density at radius 3 is 2.14 bits per heavy atom. The van der Waals surface area contributed by atoms with E-state index in [2.05, 4.69) is 13.8 Å². The molecule has 0 heterocycles. The lowest BCUT2D eigenvalue weighted by Crippen LogP contribution is -2.61. The summed E-state index contributed by atoms with van der Waals surface area (Å²) in [5.41, 5.74) is -0.620. The van der Waals surface area contributed by atoms with E-state index in [1.165, 1.54) is 13.8 Å². The molecule has 0 aromatic rings. The molecule has 0 saturated heterocycles. The number of hydrogen-bond donors (Lipinski definition) is 0. The summed E-state index contributed by atoms with van der Waals surface area (Å²) in [5, 5.41) is 0. The fourth-order valence-electron chi connectivity index (χ4n) is 7.93. The maximum atomic E-state index is 15.5. The number of carbonyl (C=O) groups excluding carboxylic acids is 2. The van der Waals surface area contributed by atoms with Gasteiger partial charge in [-0.3, -0.25) is 9.59 Å². The Bertz CT molecular complexity index is 694. The number of halogens is 2. The quantitative estimate of drug-likeness (QED) is 0.590. The van der Waals surface area contributed by atoms with Crippen LogP contribution in [0.25, 0.3) is 0 Å². The van der Waals surface area contributed by atoms with Crippen LogP contribution in [0.4, 0.5) is 8.78 Å². The highest BCUT2D eigenvalue weighted by atomic mass is 19.3. The Labute approximate surface area is 172 Å². The molecule has 0 spiro atoms. The molecule has 4 nitrogen and oxygen atoms in total. The molecular formula is C23H34F2O4. The first-order chi connectivity index (χ1) is 13.5. The summed E-state index contributed by atoms with van der Waals surface area (Å²) >= 11 is 0. The zero-order valence-electron chi connectivity index (χ0n) is 18.0. The normalized spacial score (nSPS) is 48.1. The Kier molecular flexibility index (Phi) is 5.02. The van der Waals surface area contributed by atoms with Crippen LogP contribution in [-0.2, 0) is 19.1 Å². The number of alkyl halides is 2. The molecule has 4 saturated carbocycles. The molecule has 29 heavy (non-hydrogen) atoms. The van der Waals surface area contributed by atoms with Crippen molar-refractivity contribution in [1.29, 1.82) is 0 Å². The number of ether oxygens (including phenoxy) is 2. The van der Waals surface area contributed by atoms with E-state index in [1.54, 1.807) is 0 Å². The second-order valence-electron chi connectivity index (χ2n) is 10.6. The Hall–Kier alpha value is -1.20. The Balaban J connectivity index is 1.60. The van der Waals surface area contributed by atoms with Crippen molar-refractivity contribution < 1.29 is 27.8 Å². The van der Waals surface area contributed by atoms with Gasteiger partial charge in [0.15, 0.2) is 0 Å². The van der Waals surface area contributed by atoms with Gasteiger partial charge in [0.2, 0.25) is 0 Å². The molecule has 0 radical (unpaired) electrons. The van der Waals surface area contributed by atoms with Gasteiger partial charge in [-0.05, 0) is 68.1 Å². The first-order valence-electron chi connectivity index (χ1n) is 11.2. The Morgan fingerprint density at radius 2 is 1.48 bits per heavy atom. The molecule has 6 heteroatoms. The predicted octanol–water partition coefficient (Wildman–Crippen LogP) is 5.14. The summed E-state index contributed by atoms with van der Waals surface area (Å²) < 4.78 is 42.0. The highest BCUT2D eigenvalue weighted by Gasteiger charge is 2.67. The second-order valence-corrected chi connectivity index (χ2v) is 10.6. The van der Waals surface area contributed by atoms with Gasteiger partial charge in [-0.2, -0.15) is 0 Å². The van der Waals surface area contributed by atoms with Crippen molar-refractivity contribution in [3.05, 3.63) is 0 Å². The standard InChI is InChI=1S/C23H34F2O4/c1-13(26)28-15-7-9-21(3)18-8-10-22(4)17(5-6-20(22)29-14(2)27)16(18)12-23(24,25)19(21)11-15/h15-20H,5-12H2,1-4H3/t15-,16+,17+,18+,19+,20?,21-,22+/m1/s1. The molecule has 8 atom stereocenters. The van der Waals surface area contributed by atoms with E-state index < -0.39 is 17.3 Å². The van der Waals surface area contributed by atoms with Crippen LogP contribution >= 0.6 is 0 Å². The van der Waals surface area contributed by atoms with E-state index in [-0.39, 0.29) is 60.2 Å². The van der Waals surface area contributed by atoms with Crippen LogP contribution in [0.15, 0.2) is 0 Å². The van der Waals surface area contributed by atoms with E-state index in [1.807, 2.05) is 0 Å². The molecule has 0 bridgehead atoms. The molecule has 4 rings (SSSR count). The highest BCUT2D eigenvalue weighted by Crippen LogP contribution is 2.69. The van der Waals surface area contributed by atoms with Crippen LogP contribution in [0.1, 0.15) is 79.1 Å². The lowest BCUT2D eigenvalue weighted by Gasteiger charge is -2.62. The monoisotopic (exact) mass is 412 g/mol. The maximum Gasteiger partial charge on any atom is 0.302 e. The molecule has 0 amide bonds. The third-order valence-electron chi connectivity index (χ3n) is 9.16. The van der Waals surface area contributed by atoms with E-state index in [9.17, 15) is 9.59 Å². The van der Waals surface area contributed by atoms with Gasteiger partial charge in [-0.15, -0.1) is 0 Å². The molecule has 1 unspecified atom stereocenters. The number of rotatable bonds is 2. The number of carbonyl (C=O) groups is 2. The molecule has 164 valence electrons. The number of hydrogen-bond acceptors (Lipinski definition) is 4. The van der Waals surface area contributed by atoms with Crippen molar-refractivity contribution >= 4 is 11.9 Å². The summed E-state index contributed by atoms with van der Waals surface area (Å²) in [7, 11) is 0. The lowest BCUT2D eigenvalue weighted by atomic mass is 9.44. The van der Waals surface area contributed by atoms with Gasteiger partial charge in [-0.1, -0.05) is 13.8 Å². The first kappa shape index (κ1) is 21.0. The summed E-state index contributed by atoms with van der Waals surface area (Å²) in [6, 6.07) is 0. The SMILES string of the molecule is CC(=O)OC1CC[C@H]2[C@@H]3CC(F)(F)[C@H]4C[C@H](OC(C)=O)CC[C@]4(C)[C@H]3CC[C@]12C. The van der Waals surface area contributed by atoms with Gasteiger partial charge < -0.3 is 9.47 Å². The molecule has 0 aromatic carbocycles. The molecular weight excluding hydrogens is 378 g/mol. The van der Waals surface area contributed by atoms with Crippen molar-refractivity contribution in [3.63, 3.8) is 0 Å². The van der Waals surface area contributed by atoms with Gasteiger partial charge in [0.05, 0.1) is 0 Å². The van der Waals surface area contributed by atoms with Crippen molar-refractivity contribution in [2.45, 2.75) is 97.2 Å². The largest absolute Gasteiger partial charge is 0.463 e. The van der Waals surface area contributed by atoms with Gasteiger partial charge >= 0.3 is 11.9 Å². The van der Waals surface area contributed by atoms with Crippen molar-refractivity contribution in [2.75, 3.05) is 0 Å². The average molecular weight is 413 g/mol. The molecule has 4 fully saturated rings. The van der Waals surface area contributed by atoms with E-state index in [0.29, 0.717) is 12.8 Å². The minimum atomic E-state index is -2.76. The first-order valence-corrected chi connectivity index (χ1v) is 11.2. The van der Waals surface area contributed by atoms with Crippen LogP contribution in [0.2, 0.25) is 0 Å². The van der Waals surface area contributed by atoms with Crippen LogP contribution in [-0.4, -0.2) is 30.1 Å². The second kappa shape index (κ2) is 6.91. The topological polar surface area (TPSA) is 52.6 Å². The number of esters is 2. The molecule has 0 aliphatic heterocycles. The van der Waals surface area contributed by atoms with Crippen LogP contribution in [0.5, 0.6) is 0 Å². The summed E-state index contributed by atoms with van der Waals surface area (Å²) in [6.07, 6.45) is 4.49. The maximum absolute atomic E-state index is 15.5. The molecule has 0 aromatic heterocycles. The lowest BCUT2D eigenvalue weighted by molar-refractivity contribution is -0.239. The van der Waals surface area contributed by atoms with Gasteiger partial charge in [0.25, 0.3) is 5.92 Å². The fraction of sp³-hybridized carbons (Fsp3) is 0.913. The van der Waals surface area contributed by atoms with Crippen LogP contribution in [0.3, 0.4) is 0 Å². The molecule has 0 N–H and O–H groups in total. The number of fused-ring (bicyclic) bond motifs is 5. The minimum absolute atomic E-state index is 0.0316. The third-order valence-corrected chi connectivity index (χ3v) is 9.16. The van der Waals surface area contributed by atoms with Crippen molar-refractivity contribution in [1.82, 2.24) is 0 Å². The van der Waals surface area contributed by atoms with Gasteiger partial charge in [0, 0.05) is 31.6 Å². The highest BCUT2D eigenvalue weighted by molar-refractivity contribution is 5.66. The fourth-order valence-corrected chi connectivity index (χ4v) is 7.93.